The van der Waals surface area contributed by atoms with Gasteiger partial charge in [-0.3, -0.25) is 4.79 Å². The van der Waals surface area contributed by atoms with Gasteiger partial charge in [0.25, 0.3) is 0 Å². The molecule has 1 fully saturated rings. The van der Waals surface area contributed by atoms with Crippen molar-refractivity contribution in [3.8, 4) is 0 Å². The lowest BCUT2D eigenvalue weighted by Crippen LogP contribution is -2.34. The van der Waals surface area contributed by atoms with Crippen LogP contribution in [0.4, 0.5) is 18.9 Å². The Morgan fingerprint density at radius 1 is 1.43 bits per heavy atom. The number of carbonyl (C=O) groups is 1. The molecule has 0 aliphatic heterocycles. The van der Waals surface area contributed by atoms with E-state index in [0.29, 0.717) is 23.0 Å². The lowest BCUT2D eigenvalue weighted by molar-refractivity contribution is -0.185. The summed E-state index contributed by atoms with van der Waals surface area (Å²) in [5.74, 6) is -2.42. The van der Waals surface area contributed by atoms with Gasteiger partial charge in [-0.2, -0.15) is 13.2 Å². The van der Waals surface area contributed by atoms with Crippen molar-refractivity contribution < 1.29 is 18.0 Å². The van der Waals surface area contributed by atoms with Crippen molar-refractivity contribution in [2.45, 2.75) is 31.9 Å². The maximum absolute atomic E-state index is 12.7. The van der Waals surface area contributed by atoms with E-state index in [0.717, 1.165) is 0 Å². The Kier molecular flexibility index (Phi) is 5.14. The minimum absolute atomic E-state index is 0.0985. The average Bonchev–Trinajstić information content (AvgIpc) is 2.42. The highest BCUT2D eigenvalue weighted by molar-refractivity contribution is 9.10. The van der Waals surface area contributed by atoms with Crippen molar-refractivity contribution in [3.05, 3.63) is 21.9 Å². The fourth-order valence-corrected chi connectivity index (χ4v) is 2.91. The summed E-state index contributed by atoms with van der Waals surface area (Å²) in [7, 11) is 0. The molecule has 1 N–H and O–H groups in total. The lowest BCUT2D eigenvalue weighted by Gasteiger charge is -2.29. The molecule has 0 radical (unpaired) electrons. The van der Waals surface area contributed by atoms with Gasteiger partial charge >= 0.3 is 6.18 Å². The normalized spacial score (nSPS) is 22.9. The van der Waals surface area contributed by atoms with Crippen LogP contribution < -0.4 is 5.32 Å². The number of nitrogens with zero attached hydrogens (tertiary/aromatic N) is 1. The van der Waals surface area contributed by atoms with E-state index in [2.05, 4.69) is 26.2 Å². The van der Waals surface area contributed by atoms with Gasteiger partial charge in [-0.05, 0) is 41.3 Å². The van der Waals surface area contributed by atoms with Crippen molar-refractivity contribution in [3.63, 3.8) is 0 Å². The van der Waals surface area contributed by atoms with Crippen molar-refractivity contribution in [2.24, 2.45) is 11.8 Å². The number of alkyl halides is 3. The van der Waals surface area contributed by atoms with Gasteiger partial charge < -0.3 is 5.32 Å². The Hall–Kier alpha value is -0.820. The molecule has 21 heavy (non-hydrogen) atoms. The van der Waals surface area contributed by atoms with Crippen LogP contribution in [0.1, 0.15) is 25.7 Å². The highest BCUT2D eigenvalue weighted by Gasteiger charge is 2.43. The topological polar surface area (TPSA) is 42.0 Å². The first-order chi connectivity index (χ1) is 9.77. The number of nitrogens with one attached hydrogen (secondary N) is 1. The van der Waals surface area contributed by atoms with Gasteiger partial charge in [-0.1, -0.05) is 18.0 Å². The number of pyridine rings is 1. The zero-order valence-corrected chi connectivity index (χ0v) is 13.2. The molecule has 1 aromatic heterocycles. The van der Waals surface area contributed by atoms with Gasteiger partial charge in [0.05, 0.1) is 22.3 Å². The largest absolute Gasteiger partial charge is 0.391 e. The first kappa shape index (κ1) is 16.5. The molecular formula is C13H13BrClF3N2O. The zero-order valence-electron chi connectivity index (χ0n) is 10.9. The minimum atomic E-state index is -4.23. The number of rotatable bonds is 2. The summed E-state index contributed by atoms with van der Waals surface area (Å²) in [4.78, 5) is 15.9. The van der Waals surface area contributed by atoms with Gasteiger partial charge in [-0.25, -0.2) is 4.98 Å². The van der Waals surface area contributed by atoms with Gasteiger partial charge in [0.2, 0.25) is 5.91 Å². The smallest absolute Gasteiger partial charge is 0.324 e. The Morgan fingerprint density at radius 2 is 2.14 bits per heavy atom. The number of anilines is 1. The summed E-state index contributed by atoms with van der Waals surface area (Å²) in [5.41, 5.74) is 0.408. The molecular weight excluding hydrogens is 373 g/mol. The van der Waals surface area contributed by atoms with Crippen LogP contribution in [0, 0.1) is 11.8 Å². The predicted molar refractivity (Wildman–Crippen MR) is 77.1 cm³/mol. The SMILES string of the molecule is O=C(Nc1cnc(Cl)c(Br)c1)C1CCCC(C(F)(F)F)C1. The van der Waals surface area contributed by atoms with Gasteiger partial charge in [0.1, 0.15) is 5.15 Å². The highest BCUT2D eigenvalue weighted by Crippen LogP contribution is 2.40. The van der Waals surface area contributed by atoms with Crippen LogP contribution in [0.5, 0.6) is 0 Å². The second-order valence-corrected chi connectivity index (χ2v) is 6.30. The minimum Gasteiger partial charge on any atom is -0.324 e. The van der Waals surface area contributed by atoms with E-state index in [9.17, 15) is 18.0 Å². The van der Waals surface area contributed by atoms with E-state index in [-0.39, 0.29) is 18.0 Å². The molecule has 3 nitrogen and oxygen atoms in total. The number of aromatic nitrogens is 1. The van der Waals surface area contributed by atoms with Gasteiger partial charge in [0, 0.05) is 5.92 Å². The van der Waals surface area contributed by atoms with Crippen molar-refractivity contribution in [1.82, 2.24) is 4.98 Å². The molecule has 8 heteroatoms. The fourth-order valence-electron chi connectivity index (χ4n) is 2.46. The summed E-state index contributed by atoms with van der Waals surface area (Å²) in [6.45, 7) is 0. The highest BCUT2D eigenvalue weighted by atomic mass is 79.9. The van der Waals surface area contributed by atoms with E-state index in [4.69, 9.17) is 11.6 Å². The summed E-state index contributed by atoms with van der Waals surface area (Å²) in [6, 6.07) is 1.57. The molecule has 0 saturated heterocycles. The number of carbonyl (C=O) groups excluding carboxylic acids is 1. The first-order valence-corrected chi connectivity index (χ1v) is 7.63. The Labute approximate surface area is 133 Å². The van der Waals surface area contributed by atoms with Crippen molar-refractivity contribution >= 4 is 39.1 Å². The molecule has 2 atom stereocenters. The molecule has 0 bridgehead atoms. The van der Waals surface area contributed by atoms with Crippen LogP contribution in [0.15, 0.2) is 16.7 Å². The first-order valence-electron chi connectivity index (χ1n) is 6.46. The Balaban J connectivity index is 2.01. The van der Waals surface area contributed by atoms with Crippen LogP contribution in [0.25, 0.3) is 0 Å². The molecule has 1 aliphatic rings. The van der Waals surface area contributed by atoms with E-state index in [1.165, 1.54) is 6.20 Å². The Bertz CT molecular complexity index is 539. The molecule has 2 rings (SSSR count). The number of hydrogen-bond acceptors (Lipinski definition) is 2. The molecule has 2 unspecified atom stereocenters. The molecule has 1 heterocycles. The van der Waals surface area contributed by atoms with E-state index in [1.54, 1.807) is 6.07 Å². The third-order valence-electron chi connectivity index (χ3n) is 3.57. The second-order valence-electron chi connectivity index (χ2n) is 5.09. The summed E-state index contributed by atoms with van der Waals surface area (Å²) >= 11 is 8.91. The van der Waals surface area contributed by atoms with E-state index in [1.807, 2.05) is 0 Å². The van der Waals surface area contributed by atoms with Crippen molar-refractivity contribution in [1.29, 1.82) is 0 Å². The standard InChI is InChI=1S/C13H13BrClF3N2O/c14-10-5-9(6-19-11(10)15)20-12(21)7-2-1-3-8(4-7)13(16,17)18/h5-8H,1-4H2,(H,20,21). The molecule has 0 spiro atoms. The number of hydrogen-bond donors (Lipinski definition) is 1. The molecule has 1 saturated carbocycles. The number of amides is 1. The molecule has 1 aromatic rings. The molecule has 1 aliphatic carbocycles. The maximum Gasteiger partial charge on any atom is 0.391 e. The van der Waals surface area contributed by atoms with Crippen LogP contribution in [0.3, 0.4) is 0 Å². The van der Waals surface area contributed by atoms with E-state index >= 15 is 0 Å². The van der Waals surface area contributed by atoms with Crippen molar-refractivity contribution in [2.75, 3.05) is 5.32 Å². The fraction of sp³-hybridized carbons (Fsp3) is 0.538. The quantitative estimate of drug-likeness (QED) is 0.743. The maximum atomic E-state index is 12.7. The average molecular weight is 386 g/mol. The number of halogens is 5. The summed E-state index contributed by atoms with van der Waals surface area (Å²) in [5, 5.41) is 2.85. The van der Waals surface area contributed by atoms with Crippen LogP contribution >= 0.6 is 27.5 Å². The van der Waals surface area contributed by atoms with Crippen LogP contribution in [0.2, 0.25) is 5.15 Å². The predicted octanol–water partition coefficient (Wildman–Crippen LogP) is 4.80. The van der Waals surface area contributed by atoms with Gasteiger partial charge in [0.15, 0.2) is 0 Å². The molecule has 116 valence electrons. The third-order valence-corrected chi connectivity index (χ3v) is 4.71. The molecule has 0 aromatic carbocycles. The second kappa shape index (κ2) is 6.52. The van der Waals surface area contributed by atoms with Crippen LogP contribution in [-0.4, -0.2) is 17.1 Å². The molecule has 1 amide bonds. The third kappa shape index (κ3) is 4.32. The Morgan fingerprint density at radius 3 is 2.76 bits per heavy atom. The van der Waals surface area contributed by atoms with Crippen LogP contribution in [-0.2, 0) is 4.79 Å². The summed E-state index contributed by atoms with van der Waals surface area (Å²) in [6.07, 6.45) is -2.04. The van der Waals surface area contributed by atoms with E-state index < -0.39 is 23.9 Å². The summed E-state index contributed by atoms with van der Waals surface area (Å²) < 4.78 is 38.7. The zero-order chi connectivity index (χ0) is 15.6. The monoisotopic (exact) mass is 384 g/mol. The van der Waals surface area contributed by atoms with Gasteiger partial charge in [-0.15, -0.1) is 0 Å². The lowest BCUT2D eigenvalue weighted by atomic mass is 9.80.